The molecule has 0 aliphatic carbocycles. The van der Waals surface area contributed by atoms with Crippen molar-refractivity contribution < 1.29 is 4.79 Å². The molecule has 1 amide bonds. The Labute approximate surface area is 131 Å². The Morgan fingerprint density at radius 3 is 2.62 bits per heavy atom. The van der Waals surface area contributed by atoms with E-state index >= 15 is 0 Å². The van der Waals surface area contributed by atoms with Crippen molar-refractivity contribution in [3.05, 3.63) is 35.9 Å². The summed E-state index contributed by atoms with van der Waals surface area (Å²) < 4.78 is 0. The van der Waals surface area contributed by atoms with Gasteiger partial charge < -0.3 is 10.2 Å². The minimum atomic E-state index is -0.325. The van der Waals surface area contributed by atoms with Crippen molar-refractivity contribution in [2.24, 2.45) is 0 Å². The van der Waals surface area contributed by atoms with E-state index in [2.05, 4.69) is 29.6 Å². The van der Waals surface area contributed by atoms with Gasteiger partial charge in [0.25, 0.3) is 0 Å². The second-order valence-corrected chi connectivity index (χ2v) is 7.28. The first-order chi connectivity index (χ1) is 10.2. The van der Waals surface area contributed by atoms with E-state index in [-0.39, 0.29) is 5.41 Å². The summed E-state index contributed by atoms with van der Waals surface area (Å²) in [5.41, 5.74) is 0.864. The Kier molecular flexibility index (Phi) is 4.55. The number of carbonyl (C=O) groups is 1. The number of hydrogen-bond donors (Lipinski definition) is 1. The topological polar surface area (TPSA) is 32.3 Å². The molecule has 0 radical (unpaired) electrons. The molecule has 0 bridgehead atoms. The van der Waals surface area contributed by atoms with Crippen LogP contribution in [0.3, 0.4) is 0 Å². The number of nitrogens with zero attached hydrogens (tertiary/aromatic N) is 1. The molecule has 2 aliphatic rings. The van der Waals surface area contributed by atoms with Crippen molar-refractivity contribution in [1.29, 1.82) is 0 Å². The fourth-order valence-electron chi connectivity index (χ4n) is 3.57. The predicted octanol–water partition coefficient (Wildman–Crippen LogP) is 2.27. The lowest BCUT2D eigenvalue weighted by atomic mass is 9.72. The lowest BCUT2D eigenvalue weighted by Crippen LogP contribution is -2.53. The van der Waals surface area contributed by atoms with Gasteiger partial charge in [0.15, 0.2) is 0 Å². The van der Waals surface area contributed by atoms with Gasteiger partial charge in [-0.3, -0.25) is 4.79 Å². The second kappa shape index (κ2) is 6.41. The van der Waals surface area contributed by atoms with Crippen molar-refractivity contribution in [2.45, 2.75) is 30.7 Å². The highest BCUT2D eigenvalue weighted by Crippen LogP contribution is 2.36. The molecular formula is C17H24N2OS. The molecular weight excluding hydrogens is 280 g/mol. The van der Waals surface area contributed by atoms with Gasteiger partial charge in [-0.05, 0) is 43.7 Å². The van der Waals surface area contributed by atoms with Gasteiger partial charge in [0.2, 0.25) is 5.91 Å². The number of amides is 1. The van der Waals surface area contributed by atoms with Gasteiger partial charge in [0.1, 0.15) is 0 Å². The Hall–Kier alpha value is -1.00. The van der Waals surface area contributed by atoms with Crippen molar-refractivity contribution in [3.63, 3.8) is 0 Å². The van der Waals surface area contributed by atoms with Gasteiger partial charge in [-0.25, -0.2) is 0 Å². The van der Waals surface area contributed by atoms with Gasteiger partial charge in [-0.15, -0.1) is 0 Å². The highest BCUT2D eigenvalue weighted by molar-refractivity contribution is 7.99. The summed E-state index contributed by atoms with van der Waals surface area (Å²) in [6.45, 7) is 1.85. The summed E-state index contributed by atoms with van der Waals surface area (Å²) in [5.74, 6) is 2.59. The van der Waals surface area contributed by atoms with Crippen LogP contribution in [0, 0.1) is 0 Å². The van der Waals surface area contributed by atoms with E-state index < -0.39 is 0 Å². The largest absolute Gasteiger partial charge is 0.341 e. The highest BCUT2D eigenvalue weighted by atomic mass is 32.2. The van der Waals surface area contributed by atoms with E-state index in [9.17, 15) is 4.79 Å². The van der Waals surface area contributed by atoms with E-state index in [1.807, 2.05) is 29.8 Å². The van der Waals surface area contributed by atoms with Crippen LogP contribution < -0.4 is 5.32 Å². The van der Waals surface area contributed by atoms with Crippen LogP contribution in [0.25, 0.3) is 0 Å². The number of likely N-dealkylation sites (N-methyl/N-ethyl adjacent to an activating group) is 1. The molecule has 0 aromatic heterocycles. The molecule has 2 aliphatic heterocycles. The van der Waals surface area contributed by atoms with Crippen molar-refractivity contribution >= 4 is 17.7 Å². The summed E-state index contributed by atoms with van der Waals surface area (Å²) in [7, 11) is 2.01. The first kappa shape index (κ1) is 14.9. The van der Waals surface area contributed by atoms with E-state index in [1.54, 1.807) is 0 Å². The first-order valence-corrected chi connectivity index (χ1v) is 9.01. The molecule has 1 aromatic rings. The zero-order valence-electron chi connectivity index (χ0n) is 12.7. The Morgan fingerprint density at radius 2 is 2.00 bits per heavy atom. The molecule has 21 heavy (non-hydrogen) atoms. The standard InChI is InChI=1S/C17H24N2OS/c1-19(15-7-12-21-13-15)16(20)17(8-10-18-11-9-17)14-5-3-2-4-6-14/h2-6,15,18H,7-13H2,1H3. The van der Waals surface area contributed by atoms with Crippen LogP contribution in [0.5, 0.6) is 0 Å². The van der Waals surface area contributed by atoms with Gasteiger partial charge >= 0.3 is 0 Å². The molecule has 3 rings (SSSR count). The number of nitrogens with one attached hydrogen (secondary N) is 1. The molecule has 1 N–H and O–H groups in total. The predicted molar refractivity (Wildman–Crippen MR) is 88.7 cm³/mol. The third kappa shape index (κ3) is 2.84. The summed E-state index contributed by atoms with van der Waals surface area (Å²) in [6.07, 6.45) is 2.94. The van der Waals surface area contributed by atoms with Crippen LogP contribution in [0.2, 0.25) is 0 Å². The van der Waals surface area contributed by atoms with Crippen LogP contribution in [-0.4, -0.2) is 48.5 Å². The van der Waals surface area contributed by atoms with E-state index in [4.69, 9.17) is 0 Å². The van der Waals surface area contributed by atoms with Gasteiger partial charge in [-0.1, -0.05) is 30.3 Å². The monoisotopic (exact) mass is 304 g/mol. The lowest BCUT2D eigenvalue weighted by Gasteiger charge is -2.41. The van der Waals surface area contributed by atoms with Crippen molar-refractivity contribution in [3.8, 4) is 0 Å². The lowest BCUT2D eigenvalue weighted by molar-refractivity contribution is -0.139. The third-order valence-electron chi connectivity index (χ3n) is 4.97. The molecule has 1 atom stereocenters. The molecule has 2 heterocycles. The van der Waals surface area contributed by atoms with E-state index in [1.165, 1.54) is 11.3 Å². The fraction of sp³-hybridized carbons (Fsp3) is 0.588. The van der Waals surface area contributed by atoms with E-state index in [0.717, 1.165) is 38.1 Å². The SMILES string of the molecule is CN(C(=O)C1(c2ccccc2)CCNCC1)C1CCSC1. The van der Waals surface area contributed by atoms with Crippen molar-refractivity contribution in [2.75, 3.05) is 31.6 Å². The van der Waals surface area contributed by atoms with Gasteiger partial charge in [0.05, 0.1) is 5.41 Å². The number of thioether (sulfide) groups is 1. The maximum Gasteiger partial charge on any atom is 0.233 e. The number of piperidine rings is 1. The molecule has 114 valence electrons. The summed E-state index contributed by atoms with van der Waals surface area (Å²) in [6, 6.07) is 10.8. The molecule has 0 spiro atoms. The van der Waals surface area contributed by atoms with Crippen LogP contribution in [0.15, 0.2) is 30.3 Å². The number of hydrogen-bond acceptors (Lipinski definition) is 3. The molecule has 1 unspecified atom stereocenters. The number of benzene rings is 1. The quantitative estimate of drug-likeness (QED) is 0.930. The summed E-state index contributed by atoms with van der Waals surface area (Å²) >= 11 is 1.96. The average Bonchev–Trinajstić information content (AvgIpc) is 3.09. The molecule has 3 nitrogen and oxygen atoms in total. The van der Waals surface area contributed by atoms with Gasteiger partial charge in [0, 0.05) is 18.8 Å². The summed E-state index contributed by atoms with van der Waals surface area (Å²) in [4.78, 5) is 15.3. The minimum Gasteiger partial charge on any atom is -0.341 e. The van der Waals surface area contributed by atoms with Crippen LogP contribution in [0.4, 0.5) is 0 Å². The maximum absolute atomic E-state index is 13.3. The Balaban J connectivity index is 1.89. The first-order valence-electron chi connectivity index (χ1n) is 7.85. The zero-order chi connectivity index (χ0) is 14.7. The second-order valence-electron chi connectivity index (χ2n) is 6.13. The molecule has 0 saturated carbocycles. The van der Waals surface area contributed by atoms with Gasteiger partial charge in [-0.2, -0.15) is 11.8 Å². The normalized spacial score (nSPS) is 24.7. The number of carbonyl (C=O) groups excluding carboxylic acids is 1. The van der Waals surface area contributed by atoms with E-state index in [0.29, 0.717) is 11.9 Å². The molecule has 2 saturated heterocycles. The Bertz CT molecular complexity index is 479. The Morgan fingerprint density at radius 1 is 1.29 bits per heavy atom. The summed E-state index contributed by atoms with van der Waals surface area (Å²) in [5, 5.41) is 3.40. The molecule has 1 aromatic carbocycles. The highest BCUT2D eigenvalue weighted by Gasteiger charge is 2.44. The zero-order valence-corrected chi connectivity index (χ0v) is 13.5. The molecule has 2 fully saturated rings. The van der Waals surface area contributed by atoms with Crippen molar-refractivity contribution in [1.82, 2.24) is 10.2 Å². The third-order valence-corrected chi connectivity index (χ3v) is 6.11. The fourth-order valence-corrected chi connectivity index (χ4v) is 4.84. The number of rotatable bonds is 3. The van der Waals surface area contributed by atoms with Crippen LogP contribution in [0.1, 0.15) is 24.8 Å². The maximum atomic E-state index is 13.3. The van der Waals surface area contributed by atoms with Crippen LogP contribution in [-0.2, 0) is 10.2 Å². The minimum absolute atomic E-state index is 0.322. The van der Waals surface area contributed by atoms with Crippen LogP contribution >= 0.6 is 11.8 Å². The average molecular weight is 304 g/mol. The smallest absolute Gasteiger partial charge is 0.233 e. The molecule has 4 heteroatoms.